The number of carbonyl (C=O) groups excluding carboxylic acids is 3. The fraction of sp³-hybridized carbons (Fsp3) is 0.444. The van der Waals surface area contributed by atoms with Crippen LogP contribution >= 0.6 is 11.6 Å². The van der Waals surface area contributed by atoms with Gasteiger partial charge in [0.05, 0.1) is 12.5 Å². The molecular weight excluding hydrogens is 509 g/mol. The lowest BCUT2D eigenvalue weighted by Gasteiger charge is -2.22. The lowest BCUT2D eigenvalue weighted by atomic mass is 9.73. The van der Waals surface area contributed by atoms with Crippen molar-refractivity contribution in [3.05, 3.63) is 70.7 Å². The van der Waals surface area contributed by atoms with E-state index in [-0.39, 0.29) is 18.9 Å². The van der Waals surface area contributed by atoms with Gasteiger partial charge >= 0.3 is 13.2 Å². The number of nitrogens with one attached hydrogen (secondary N) is 3. The number of alkyl carbamates (subject to hydrolysis) is 1. The van der Waals surface area contributed by atoms with Crippen LogP contribution in [0.15, 0.2) is 54.6 Å². The summed E-state index contributed by atoms with van der Waals surface area (Å²) in [4.78, 5) is 37.4. The molecule has 38 heavy (non-hydrogen) atoms. The predicted octanol–water partition coefficient (Wildman–Crippen LogP) is 3.11. The SMILES string of the molecule is CC(C)C.CC(C)C(NC(=O)CNC(=O)[C@H](Cc1ccccc1Cl)NC(=O)OCc1ccccc1)B(O)O. The molecular formula is C27H39BClN3O6. The molecule has 0 radical (unpaired) electrons. The number of carbonyl (C=O) groups is 3. The molecule has 5 N–H and O–H groups in total. The Morgan fingerprint density at radius 1 is 0.921 bits per heavy atom. The Morgan fingerprint density at radius 3 is 2.05 bits per heavy atom. The molecule has 0 fully saturated rings. The van der Waals surface area contributed by atoms with Crippen LogP contribution in [0.1, 0.15) is 45.7 Å². The normalized spacial score (nSPS) is 12.1. The van der Waals surface area contributed by atoms with Crippen molar-refractivity contribution in [2.45, 2.75) is 59.6 Å². The summed E-state index contributed by atoms with van der Waals surface area (Å²) in [5.74, 6) is -1.54. The lowest BCUT2D eigenvalue weighted by molar-refractivity contribution is -0.127. The summed E-state index contributed by atoms with van der Waals surface area (Å²) in [7, 11) is -1.74. The monoisotopic (exact) mass is 547 g/mol. The van der Waals surface area contributed by atoms with E-state index >= 15 is 0 Å². The van der Waals surface area contributed by atoms with Crippen molar-refractivity contribution in [2.75, 3.05) is 6.54 Å². The van der Waals surface area contributed by atoms with Crippen molar-refractivity contribution < 1.29 is 29.2 Å². The van der Waals surface area contributed by atoms with Gasteiger partial charge < -0.3 is 30.7 Å². The van der Waals surface area contributed by atoms with Crippen molar-refractivity contribution >= 4 is 36.6 Å². The minimum absolute atomic E-state index is 0.0234. The maximum Gasteiger partial charge on any atom is 0.475 e. The van der Waals surface area contributed by atoms with Crippen LogP contribution in [0.5, 0.6) is 0 Å². The third-order valence-corrected chi connectivity index (χ3v) is 5.36. The lowest BCUT2D eigenvalue weighted by Crippen LogP contribution is -2.54. The van der Waals surface area contributed by atoms with Gasteiger partial charge in [-0.15, -0.1) is 0 Å². The molecule has 2 aromatic rings. The minimum atomic E-state index is -1.74. The second-order valence-corrected chi connectivity index (χ2v) is 10.2. The topological polar surface area (TPSA) is 137 Å². The first-order valence-electron chi connectivity index (χ1n) is 12.5. The van der Waals surface area contributed by atoms with E-state index in [9.17, 15) is 24.4 Å². The molecule has 2 atom stereocenters. The number of hydrogen-bond donors (Lipinski definition) is 5. The number of ether oxygens (including phenoxy) is 1. The summed E-state index contributed by atoms with van der Waals surface area (Å²) in [6.45, 7) is 9.53. The van der Waals surface area contributed by atoms with Crippen LogP contribution in [-0.2, 0) is 27.4 Å². The van der Waals surface area contributed by atoms with Crippen LogP contribution in [-0.4, -0.2) is 53.6 Å². The van der Waals surface area contributed by atoms with Crippen molar-refractivity contribution in [1.29, 1.82) is 0 Å². The van der Waals surface area contributed by atoms with Crippen LogP contribution in [0.4, 0.5) is 4.79 Å². The van der Waals surface area contributed by atoms with E-state index in [4.69, 9.17) is 16.3 Å². The standard InChI is InChI=1S/C23H29BClN3O6.C4H10/c1-15(2)21(24(32)33)28-20(29)13-26-22(30)19(12-17-10-6-7-11-18(17)25)27-23(31)34-14-16-8-4-3-5-9-16;1-4(2)3/h3-11,15,19,21,32-33H,12-14H2,1-2H3,(H,26,30)(H,27,31)(H,28,29);4H,1-3H3/t19-,21?;/m0./s1. The number of rotatable bonds is 11. The van der Waals surface area contributed by atoms with Crippen LogP contribution < -0.4 is 16.0 Å². The second kappa shape index (κ2) is 17.4. The Labute approximate surface area is 230 Å². The minimum Gasteiger partial charge on any atom is -0.445 e. The molecule has 1 unspecified atom stereocenters. The number of hydrogen-bond acceptors (Lipinski definition) is 6. The summed E-state index contributed by atoms with van der Waals surface area (Å²) in [5, 5.41) is 26.7. The van der Waals surface area contributed by atoms with Gasteiger partial charge in [-0.05, 0) is 29.0 Å². The van der Waals surface area contributed by atoms with Gasteiger partial charge in [-0.25, -0.2) is 4.79 Å². The fourth-order valence-electron chi connectivity index (χ4n) is 3.11. The maximum atomic E-state index is 12.8. The van der Waals surface area contributed by atoms with Gasteiger partial charge in [0.25, 0.3) is 0 Å². The molecule has 0 spiro atoms. The highest BCUT2D eigenvalue weighted by Gasteiger charge is 2.29. The predicted molar refractivity (Wildman–Crippen MR) is 149 cm³/mol. The van der Waals surface area contributed by atoms with Crippen molar-refractivity contribution in [1.82, 2.24) is 16.0 Å². The van der Waals surface area contributed by atoms with E-state index < -0.39 is 43.6 Å². The van der Waals surface area contributed by atoms with Gasteiger partial charge in [0, 0.05) is 11.4 Å². The molecule has 0 aromatic heterocycles. The molecule has 0 aliphatic carbocycles. The second-order valence-electron chi connectivity index (χ2n) is 9.75. The van der Waals surface area contributed by atoms with Crippen LogP contribution in [0.2, 0.25) is 5.02 Å². The van der Waals surface area contributed by atoms with Crippen molar-refractivity contribution in [3.63, 3.8) is 0 Å². The van der Waals surface area contributed by atoms with Crippen LogP contribution in [0.25, 0.3) is 0 Å². The highest BCUT2D eigenvalue weighted by Crippen LogP contribution is 2.17. The Hall–Kier alpha value is -3.08. The average Bonchev–Trinajstić information content (AvgIpc) is 2.85. The molecule has 0 aliphatic heterocycles. The van der Waals surface area contributed by atoms with Crippen LogP contribution in [0, 0.1) is 11.8 Å². The van der Waals surface area contributed by atoms with E-state index in [1.807, 2.05) is 18.2 Å². The van der Waals surface area contributed by atoms with E-state index in [0.717, 1.165) is 11.5 Å². The maximum absolute atomic E-state index is 12.8. The number of benzene rings is 2. The first-order valence-corrected chi connectivity index (χ1v) is 12.9. The molecule has 11 heteroatoms. The highest BCUT2D eigenvalue weighted by molar-refractivity contribution is 6.43. The Kier molecular flexibility index (Phi) is 15.1. The Balaban J connectivity index is 0.00000168. The number of amides is 3. The highest BCUT2D eigenvalue weighted by atomic mass is 35.5. The smallest absolute Gasteiger partial charge is 0.445 e. The zero-order valence-corrected chi connectivity index (χ0v) is 23.4. The van der Waals surface area contributed by atoms with Gasteiger partial charge in [-0.1, -0.05) is 94.8 Å². The molecule has 0 aliphatic rings. The van der Waals surface area contributed by atoms with E-state index in [2.05, 4.69) is 36.7 Å². The summed E-state index contributed by atoms with van der Waals surface area (Å²) in [6.07, 6.45) is -0.735. The largest absolute Gasteiger partial charge is 0.475 e. The van der Waals surface area contributed by atoms with Gasteiger partial charge in [0.2, 0.25) is 11.8 Å². The van der Waals surface area contributed by atoms with Gasteiger partial charge in [0.1, 0.15) is 12.6 Å². The third-order valence-electron chi connectivity index (χ3n) is 4.99. The third kappa shape index (κ3) is 13.5. The molecule has 0 saturated heterocycles. The summed E-state index contributed by atoms with van der Waals surface area (Å²) in [5.41, 5.74) is 1.41. The van der Waals surface area contributed by atoms with Gasteiger partial charge in [0.15, 0.2) is 0 Å². The first kappa shape index (κ1) is 33.0. The first-order chi connectivity index (χ1) is 17.9. The molecule has 2 aromatic carbocycles. The molecule has 0 bridgehead atoms. The Bertz CT molecular complexity index is 997. The molecule has 3 amide bonds. The fourth-order valence-corrected chi connectivity index (χ4v) is 3.33. The van der Waals surface area contributed by atoms with Crippen molar-refractivity contribution in [3.8, 4) is 0 Å². The van der Waals surface area contributed by atoms with E-state index in [0.29, 0.717) is 10.6 Å². The van der Waals surface area contributed by atoms with Gasteiger partial charge in [-0.3, -0.25) is 9.59 Å². The van der Waals surface area contributed by atoms with Gasteiger partial charge in [-0.2, -0.15) is 0 Å². The van der Waals surface area contributed by atoms with Crippen molar-refractivity contribution in [2.24, 2.45) is 11.8 Å². The molecule has 2 rings (SSSR count). The Morgan fingerprint density at radius 2 is 1.50 bits per heavy atom. The zero-order chi connectivity index (χ0) is 28.7. The molecule has 0 saturated carbocycles. The van der Waals surface area contributed by atoms with Crippen LogP contribution in [0.3, 0.4) is 0 Å². The summed E-state index contributed by atoms with van der Waals surface area (Å²) in [6, 6.07) is 14.9. The average molecular weight is 548 g/mol. The summed E-state index contributed by atoms with van der Waals surface area (Å²) >= 11 is 6.21. The van der Waals surface area contributed by atoms with E-state index in [1.165, 1.54) is 0 Å². The summed E-state index contributed by atoms with van der Waals surface area (Å²) < 4.78 is 5.21. The quantitative estimate of drug-likeness (QED) is 0.274. The zero-order valence-electron chi connectivity index (χ0n) is 22.6. The van der Waals surface area contributed by atoms with E-state index in [1.54, 1.807) is 50.2 Å². The molecule has 208 valence electrons. The molecule has 0 heterocycles. The molecule has 9 nitrogen and oxygen atoms in total. The number of halogens is 1.